The number of nitrogens with one attached hydrogen (secondary N) is 1. The van der Waals surface area contributed by atoms with Gasteiger partial charge in [-0.05, 0) is 36.6 Å². The fraction of sp³-hybridized carbons (Fsp3) is 0.562. The van der Waals surface area contributed by atoms with Crippen LogP contribution in [0.4, 0.5) is 5.82 Å². The molecule has 118 valence electrons. The summed E-state index contributed by atoms with van der Waals surface area (Å²) in [4.78, 5) is 4.77. The second-order valence-electron chi connectivity index (χ2n) is 6.42. The van der Waals surface area contributed by atoms with Crippen LogP contribution in [-0.4, -0.2) is 65.8 Å². The van der Waals surface area contributed by atoms with E-state index in [-0.39, 0.29) is 0 Å². The number of piperazine rings is 1. The zero-order chi connectivity index (χ0) is 15.0. The molecule has 5 nitrogen and oxygen atoms in total. The summed E-state index contributed by atoms with van der Waals surface area (Å²) in [6.45, 7) is 6.40. The van der Waals surface area contributed by atoms with Crippen LogP contribution in [0.5, 0.6) is 0 Å². The van der Waals surface area contributed by atoms with E-state index >= 15 is 0 Å². The summed E-state index contributed by atoms with van der Waals surface area (Å²) in [6, 6.07) is 8.44. The first kappa shape index (κ1) is 14.4. The maximum Gasteiger partial charge on any atom is 0.150 e. The molecule has 2 saturated heterocycles. The number of aliphatic hydroxyl groups is 1. The number of benzene rings is 1. The van der Waals surface area contributed by atoms with E-state index in [1.807, 2.05) is 0 Å². The Morgan fingerprint density at radius 1 is 1.23 bits per heavy atom. The van der Waals surface area contributed by atoms with Crippen molar-refractivity contribution in [1.29, 1.82) is 0 Å². The summed E-state index contributed by atoms with van der Waals surface area (Å²) in [5.41, 5.74) is -0.532. The van der Waals surface area contributed by atoms with Crippen molar-refractivity contribution in [3.8, 4) is 0 Å². The molecule has 0 spiro atoms. The maximum absolute atomic E-state index is 10.5. The summed E-state index contributed by atoms with van der Waals surface area (Å²) in [5.74, 6) is 1.13. The van der Waals surface area contributed by atoms with Gasteiger partial charge in [-0.3, -0.25) is 4.90 Å². The Morgan fingerprint density at radius 2 is 2.05 bits per heavy atom. The molecular weight excluding hydrogens is 296 g/mol. The fourth-order valence-corrected chi connectivity index (χ4v) is 4.30. The highest BCUT2D eigenvalue weighted by Gasteiger charge is 2.34. The zero-order valence-electron chi connectivity index (χ0n) is 12.7. The average Bonchev–Trinajstić information content (AvgIpc) is 3.15. The Morgan fingerprint density at radius 3 is 2.82 bits per heavy atom. The zero-order valence-corrected chi connectivity index (χ0v) is 13.5. The van der Waals surface area contributed by atoms with Crippen molar-refractivity contribution in [1.82, 2.24) is 14.6 Å². The minimum Gasteiger partial charge on any atom is -0.387 e. The molecule has 1 aromatic carbocycles. The molecule has 0 aliphatic carbocycles. The lowest BCUT2D eigenvalue weighted by Gasteiger charge is -2.38. The van der Waals surface area contributed by atoms with E-state index in [0.29, 0.717) is 0 Å². The third-order valence-corrected chi connectivity index (χ3v) is 5.59. The Kier molecular flexibility index (Phi) is 3.78. The first-order chi connectivity index (χ1) is 10.7. The molecule has 22 heavy (non-hydrogen) atoms. The Balaban J connectivity index is 1.41. The van der Waals surface area contributed by atoms with Crippen LogP contribution in [-0.2, 0) is 0 Å². The summed E-state index contributed by atoms with van der Waals surface area (Å²) >= 11 is 1.58. The van der Waals surface area contributed by atoms with Gasteiger partial charge in [-0.25, -0.2) is 0 Å². The minimum atomic E-state index is -0.532. The van der Waals surface area contributed by atoms with Gasteiger partial charge in [0.2, 0.25) is 0 Å². The van der Waals surface area contributed by atoms with Crippen LogP contribution in [0.1, 0.15) is 6.42 Å². The van der Waals surface area contributed by atoms with Gasteiger partial charge in [0.1, 0.15) is 5.82 Å². The molecule has 0 radical (unpaired) electrons. The first-order valence-corrected chi connectivity index (χ1v) is 8.76. The van der Waals surface area contributed by atoms with Gasteiger partial charge in [-0.1, -0.05) is 12.1 Å². The molecule has 0 bridgehead atoms. The number of hydrogen-bond acceptors (Lipinski definition) is 6. The fourth-order valence-electron chi connectivity index (χ4n) is 3.50. The minimum absolute atomic E-state index is 0.532. The number of nitrogens with zero attached hydrogens (tertiary/aromatic N) is 3. The molecule has 6 heteroatoms. The van der Waals surface area contributed by atoms with Gasteiger partial charge in [0.15, 0.2) is 0 Å². The number of fused-ring (bicyclic) bond motifs is 1. The van der Waals surface area contributed by atoms with Crippen LogP contribution < -0.4 is 10.2 Å². The summed E-state index contributed by atoms with van der Waals surface area (Å²) in [7, 11) is 0. The van der Waals surface area contributed by atoms with Crippen molar-refractivity contribution in [3.63, 3.8) is 0 Å². The van der Waals surface area contributed by atoms with Crippen LogP contribution in [0.3, 0.4) is 0 Å². The Hall–Kier alpha value is -1.21. The molecule has 3 heterocycles. The Labute approximate surface area is 134 Å². The van der Waals surface area contributed by atoms with Crippen molar-refractivity contribution >= 4 is 27.4 Å². The van der Waals surface area contributed by atoms with Gasteiger partial charge >= 0.3 is 0 Å². The van der Waals surface area contributed by atoms with E-state index < -0.39 is 5.60 Å². The van der Waals surface area contributed by atoms with Gasteiger partial charge in [0.05, 0.1) is 10.3 Å². The molecule has 2 aromatic rings. The predicted molar refractivity (Wildman–Crippen MR) is 90.7 cm³/mol. The van der Waals surface area contributed by atoms with Gasteiger partial charge in [-0.2, -0.15) is 4.37 Å². The smallest absolute Gasteiger partial charge is 0.150 e. The molecular formula is C16H22N4OS. The standard InChI is InChI=1S/C16H22N4OS/c21-16(5-6-17-11-16)12-19-7-9-20(10-8-19)15-13-3-1-2-4-14(13)22-18-15/h1-4,17,21H,5-12H2. The largest absolute Gasteiger partial charge is 0.387 e. The molecule has 0 amide bonds. The van der Waals surface area contributed by atoms with Crippen molar-refractivity contribution in [2.45, 2.75) is 12.0 Å². The molecule has 2 aliphatic rings. The normalized spacial score (nSPS) is 26.9. The summed E-state index contributed by atoms with van der Waals surface area (Å²) < 4.78 is 5.91. The Bertz CT molecular complexity index is 644. The van der Waals surface area contributed by atoms with Crippen LogP contribution in [0.2, 0.25) is 0 Å². The van der Waals surface area contributed by atoms with E-state index in [9.17, 15) is 5.11 Å². The molecule has 0 saturated carbocycles. The second kappa shape index (κ2) is 5.77. The highest BCUT2D eigenvalue weighted by molar-refractivity contribution is 7.13. The molecule has 1 atom stereocenters. The van der Waals surface area contributed by atoms with E-state index in [2.05, 4.69) is 43.8 Å². The quantitative estimate of drug-likeness (QED) is 0.889. The monoisotopic (exact) mass is 318 g/mol. The van der Waals surface area contributed by atoms with Gasteiger partial charge < -0.3 is 15.3 Å². The lowest BCUT2D eigenvalue weighted by molar-refractivity contribution is 0.0193. The SMILES string of the molecule is OC1(CN2CCN(c3nsc4ccccc34)CC2)CCNC1. The number of anilines is 1. The lowest BCUT2D eigenvalue weighted by Crippen LogP contribution is -2.52. The predicted octanol–water partition coefficient (Wildman–Crippen LogP) is 1.14. The van der Waals surface area contributed by atoms with Crippen molar-refractivity contribution in [3.05, 3.63) is 24.3 Å². The van der Waals surface area contributed by atoms with Crippen molar-refractivity contribution in [2.24, 2.45) is 0 Å². The first-order valence-electron chi connectivity index (χ1n) is 7.98. The molecule has 1 unspecified atom stereocenters. The number of rotatable bonds is 3. The summed E-state index contributed by atoms with van der Waals surface area (Å²) in [6.07, 6.45) is 0.865. The lowest BCUT2D eigenvalue weighted by atomic mass is 10.0. The number of β-amino-alcohol motifs (C(OH)–C–C–N with tert-alkyl or cyclic N) is 1. The number of hydrogen-bond donors (Lipinski definition) is 2. The molecule has 2 aliphatic heterocycles. The maximum atomic E-state index is 10.5. The molecule has 2 N–H and O–H groups in total. The third kappa shape index (κ3) is 2.72. The highest BCUT2D eigenvalue weighted by atomic mass is 32.1. The van der Waals surface area contributed by atoms with Crippen LogP contribution in [0, 0.1) is 0 Å². The van der Waals surface area contributed by atoms with E-state index in [1.165, 1.54) is 10.1 Å². The third-order valence-electron chi connectivity index (χ3n) is 4.77. The van der Waals surface area contributed by atoms with Crippen LogP contribution >= 0.6 is 11.5 Å². The molecule has 4 rings (SSSR count). The van der Waals surface area contributed by atoms with Gasteiger partial charge in [0.25, 0.3) is 0 Å². The molecule has 2 fully saturated rings. The van der Waals surface area contributed by atoms with E-state index in [0.717, 1.165) is 58.1 Å². The van der Waals surface area contributed by atoms with Gasteiger partial charge in [0, 0.05) is 44.7 Å². The van der Waals surface area contributed by atoms with Crippen LogP contribution in [0.25, 0.3) is 10.1 Å². The average molecular weight is 318 g/mol. The second-order valence-corrected chi connectivity index (χ2v) is 7.22. The summed E-state index contributed by atoms with van der Waals surface area (Å²) in [5, 5.41) is 15.0. The van der Waals surface area contributed by atoms with E-state index in [4.69, 9.17) is 0 Å². The van der Waals surface area contributed by atoms with Crippen molar-refractivity contribution in [2.75, 3.05) is 50.7 Å². The van der Waals surface area contributed by atoms with Crippen molar-refractivity contribution < 1.29 is 5.11 Å². The molecule has 1 aromatic heterocycles. The van der Waals surface area contributed by atoms with E-state index in [1.54, 1.807) is 11.5 Å². The van der Waals surface area contributed by atoms with Crippen LogP contribution in [0.15, 0.2) is 24.3 Å². The number of aromatic nitrogens is 1. The highest BCUT2D eigenvalue weighted by Crippen LogP contribution is 2.30. The topological polar surface area (TPSA) is 51.6 Å². The van der Waals surface area contributed by atoms with Gasteiger partial charge in [-0.15, -0.1) is 0 Å².